The minimum atomic E-state index is 0.606. The SMILES string of the molecule is c1ccc(-c2ccc(-c3nc(-c4ccccc4)nc(-c4ccc(-c5cccc6c5sc5ccccc56)cc4)n3)c(-n3c4ccccc4c4cc(-c5ccccc5)ccc43)c2)cc1. The van der Waals surface area contributed by atoms with E-state index in [0.29, 0.717) is 17.5 Å². The van der Waals surface area contributed by atoms with Gasteiger partial charge in [0.2, 0.25) is 0 Å². The number of hydrogen-bond acceptors (Lipinski definition) is 4. The molecule has 0 atom stereocenters. The lowest BCUT2D eigenvalue weighted by Crippen LogP contribution is -2.04. The summed E-state index contributed by atoms with van der Waals surface area (Å²) < 4.78 is 4.98. The molecule has 0 radical (unpaired) electrons. The highest BCUT2D eigenvalue weighted by molar-refractivity contribution is 7.26. The Morgan fingerprint density at radius 2 is 0.823 bits per heavy atom. The van der Waals surface area contributed by atoms with Crippen molar-refractivity contribution in [2.24, 2.45) is 0 Å². The maximum Gasteiger partial charge on any atom is 0.166 e. The third-order valence-corrected chi connectivity index (χ3v) is 13.1. The van der Waals surface area contributed by atoms with E-state index in [1.807, 2.05) is 29.5 Å². The molecule has 0 aliphatic rings. The van der Waals surface area contributed by atoms with Crippen molar-refractivity contribution in [2.75, 3.05) is 0 Å². The van der Waals surface area contributed by atoms with Crippen LogP contribution < -0.4 is 0 Å². The summed E-state index contributed by atoms with van der Waals surface area (Å²) in [5.41, 5.74) is 13.0. The van der Waals surface area contributed by atoms with Crippen LogP contribution in [0, 0.1) is 0 Å². The van der Waals surface area contributed by atoms with Gasteiger partial charge >= 0.3 is 0 Å². The summed E-state index contributed by atoms with van der Waals surface area (Å²) in [6.45, 7) is 0. The van der Waals surface area contributed by atoms with E-state index in [1.165, 1.54) is 47.6 Å². The van der Waals surface area contributed by atoms with Gasteiger partial charge < -0.3 is 4.57 Å². The van der Waals surface area contributed by atoms with Crippen molar-refractivity contribution in [3.05, 3.63) is 218 Å². The largest absolute Gasteiger partial charge is 0.308 e. The molecule has 0 amide bonds. The smallest absolute Gasteiger partial charge is 0.166 e. The average molecular weight is 809 g/mol. The van der Waals surface area contributed by atoms with Crippen molar-refractivity contribution in [2.45, 2.75) is 0 Å². The van der Waals surface area contributed by atoms with Crippen LogP contribution in [0.3, 0.4) is 0 Å². The highest BCUT2D eigenvalue weighted by atomic mass is 32.1. The average Bonchev–Trinajstić information content (AvgIpc) is 3.90. The fraction of sp³-hybridized carbons (Fsp3) is 0. The molecule has 0 saturated carbocycles. The summed E-state index contributed by atoms with van der Waals surface area (Å²) in [6, 6.07) is 77.5. The molecule has 3 heterocycles. The van der Waals surface area contributed by atoms with Gasteiger partial charge in [0.05, 0.1) is 16.7 Å². The van der Waals surface area contributed by atoms with Gasteiger partial charge in [-0.15, -0.1) is 11.3 Å². The van der Waals surface area contributed by atoms with E-state index in [4.69, 9.17) is 15.0 Å². The number of nitrogens with zero attached hydrogens (tertiary/aromatic N) is 4. The molecule has 0 aliphatic heterocycles. The van der Waals surface area contributed by atoms with Gasteiger partial charge in [-0.2, -0.15) is 0 Å². The van der Waals surface area contributed by atoms with Crippen LogP contribution in [0.5, 0.6) is 0 Å². The zero-order valence-electron chi connectivity index (χ0n) is 33.5. The Morgan fingerprint density at radius 1 is 0.306 bits per heavy atom. The molecule has 4 nitrogen and oxygen atoms in total. The molecule has 0 fully saturated rings. The van der Waals surface area contributed by atoms with Crippen LogP contribution in [0.25, 0.3) is 115 Å². The summed E-state index contributed by atoms with van der Waals surface area (Å²) >= 11 is 1.85. The van der Waals surface area contributed by atoms with E-state index in [9.17, 15) is 0 Å². The van der Waals surface area contributed by atoms with E-state index in [0.717, 1.165) is 50.1 Å². The number of rotatable bonds is 7. The van der Waals surface area contributed by atoms with Crippen molar-refractivity contribution in [1.82, 2.24) is 19.5 Å². The fourth-order valence-electron chi connectivity index (χ4n) is 8.87. The second-order valence-electron chi connectivity index (χ2n) is 15.6. The van der Waals surface area contributed by atoms with Gasteiger partial charge in [0.15, 0.2) is 17.5 Å². The van der Waals surface area contributed by atoms with Crippen LogP contribution >= 0.6 is 11.3 Å². The molecule has 9 aromatic carbocycles. The quantitative estimate of drug-likeness (QED) is 0.161. The van der Waals surface area contributed by atoms with Crippen LogP contribution in [0.2, 0.25) is 0 Å². The highest BCUT2D eigenvalue weighted by Crippen LogP contribution is 2.42. The Bertz CT molecular complexity index is 3610. The first kappa shape index (κ1) is 35.9. The van der Waals surface area contributed by atoms with Crippen molar-refractivity contribution < 1.29 is 0 Å². The van der Waals surface area contributed by atoms with Crippen molar-refractivity contribution in [3.63, 3.8) is 0 Å². The topological polar surface area (TPSA) is 43.6 Å². The lowest BCUT2D eigenvalue weighted by molar-refractivity contribution is 1.06. The number of thiophene rings is 1. The zero-order chi connectivity index (χ0) is 41.0. The fourth-order valence-corrected chi connectivity index (χ4v) is 10.1. The molecule has 62 heavy (non-hydrogen) atoms. The van der Waals surface area contributed by atoms with Crippen molar-refractivity contribution in [3.8, 4) is 73.2 Å². The van der Waals surface area contributed by atoms with E-state index in [2.05, 4.69) is 205 Å². The van der Waals surface area contributed by atoms with Gasteiger partial charge in [0, 0.05) is 47.6 Å². The molecule has 0 spiro atoms. The molecule has 0 bridgehead atoms. The third-order valence-electron chi connectivity index (χ3n) is 11.9. The zero-order valence-corrected chi connectivity index (χ0v) is 34.3. The number of fused-ring (bicyclic) bond motifs is 6. The van der Waals surface area contributed by atoms with Crippen LogP contribution in [-0.2, 0) is 0 Å². The monoisotopic (exact) mass is 808 g/mol. The Balaban J connectivity index is 1.06. The second kappa shape index (κ2) is 14.9. The Hall–Kier alpha value is -7.99. The van der Waals surface area contributed by atoms with Crippen LogP contribution in [0.15, 0.2) is 218 Å². The summed E-state index contributed by atoms with van der Waals surface area (Å²) in [5, 5.41) is 4.96. The minimum Gasteiger partial charge on any atom is -0.308 e. The Kier molecular flexibility index (Phi) is 8.65. The lowest BCUT2D eigenvalue weighted by Gasteiger charge is -2.16. The van der Waals surface area contributed by atoms with Gasteiger partial charge in [0.1, 0.15) is 0 Å². The third kappa shape index (κ3) is 6.18. The summed E-state index contributed by atoms with van der Waals surface area (Å²) in [4.78, 5) is 15.8. The molecule has 0 saturated heterocycles. The molecule has 12 rings (SSSR count). The first-order valence-corrected chi connectivity index (χ1v) is 21.7. The number of benzene rings is 9. The normalized spacial score (nSPS) is 11.5. The first-order valence-electron chi connectivity index (χ1n) is 20.8. The molecule has 0 unspecified atom stereocenters. The van der Waals surface area contributed by atoms with Crippen LogP contribution in [0.4, 0.5) is 0 Å². The predicted octanol–water partition coefficient (Wildman–Crippen LogP) is 15.3. The summed E-state index contributed by atoms with van der Waals surface area (Å²) in [5.74, 6) is 1.85. The van der Waals surface area contributed by atoms with Crippen molar-refractivity contribution in [1.29, 1.82) is 0 Å². The van der Waals surface area contributed by atoms with Crippen LogP contribution in [-0.4, -0.2) is 19.5 Å². The highest BCUT2D eigenvalue weighted by Gasteiger charge is 2.21. The predicted molar refractivity (Wildman–Crippen MR) is 260 cm³/mol. The molecule has 3 aromatic heterocycles. The lowest BCUT2D eigenvalue weighted by atomic mass is 10.0. The van der Waals surface area contributed by atoms with E-state index in [-0.39, 0.29) is 0 Å². The second-order valence-corrected chi connectivity index (χ2v) is 16.6. The molecule has 0 N–H and O–H groups in total. The molecule has 5 heteroatoms. The molecular weight excluding hydrogens is 773 g/mol. The number of aromatic nitrogens is 4. The summed E-state index contributed by atoms with van der Waals surface area (Å²) in [6.07, 6.45) is 0. The standard InChI is InChI=1S/C57H36N4S/c1-4-15-37(16-5-1)42-32-34-51-49(35-42)45-21-10-12-25-50(45)61(51)52-36-43(38-17-6-2-7-18-38)31-33-48(52)57-59-55(40-19-8-3-9-20-40)58-56(60-57)41-29-27-39(28-30-41)44-23-14-24-47-46-22-11-13-26-53(46)62-54(44)47/h1-36H. The molecular formula is C57H36N4S. The van der Waals surface area contributed by atoms with E-state index in [1.54, 1.807) is 0 Å². The molecule has 0 aliphatic carbocycles. The maximum absolute atomic E-state index is 5.33. The molecule has 12 aromatic rings. The number of para-hydroxylation sites is 1. The van der Waals surface area contributed by atoms with Gasteiger partial charge in [-0.25, -0.2) is 15.0 Å². The van der Waals surface area contributed by atoms with E-state index >= 15 is 0 Å². The minimum absolute atomic E-state index is 0.606. The van der Waals surface area contributed by atoms with Crippen molar-refractivity contribution >= 4 is 53.3 Å². The summed E-state index contributed by atoms with van der Waals surface area (Å²) in [7, 11) is 0. The van der Waals surface area contributed by atoms with Gasteiger partial charge in [-0.3, -0.25) is 0 Å². The number of hydrogen-bond donors (Lipinski definition) is 0. The Labute approximate surface area is 362 Å². The van der Waals surface area contributed by atoms with Gasteiger partial charge in [-0.05, 0) is 69.8 Å². The van der Waals surface area contributed by atoms with Gasteiger partial charge in [0.25, 0.3) is 0 Å². The molecule has 290 valence electrons. The van der Waals surface area contributed by atoms with Crippen LogP contribution in [0.1, 0.15) is 0 Å². The first-order chi connectivity index (χ1) is 30.7. The van der Waals surface area contributed by atoms with E-state index < -0.39 is 0 Å². The maximum atomic E-state index is 5.33. The Morgan fingerprint density at radius 3 is 1.55 bits per heavy atom. The van der Waals surface area contributed by atoms with Gasteiger partial charge in [-0.1, -0.05) is 182 Å².